The SMILES string of the molecule is COCCCCS(=O)(=O)c1cc(C)c(F)c(C(=O)O)c1. The van der Waals surface area contributed by atoms with E-state index in [2.05, 4.69) is 0 Å². The molecular formula is C13H17FO5S. The number of sulfone groups is 1. The second-order valence-electron chi connectivity index (χ2n) is 4.43. The second kappa shape index (κ2) is 6.81. The molecule has 1 aromatic carbocycles. The number of methoxy groups -OCH3 is 1. The molecule has 112 valence electrons. The first-order chi connectivity index (χ1) is 9.29. The number of ether oxygens (including phenoxy) is 1. The van der Waals surface area contributed by atoms with Crippen LogP contribution in [0.15, 0.2) is 17.0 Å². The third kappa shape index (κ3) is 4.01. The van der Waals surface area contributed by atoms with E-state index in [1.165, 1.54) is 14.0 Å². The average molecular weight is 304 g/mol. The Bertz CT molecular complexity index is 595. The van der Waals surface area contributed by atoms with Crippen LogP contribution < -0.4 is 0 Å². The molecule has 0 saturated carbocycles. The monoisotopic (exact) mass is 304 g/mol. The van der Waals surface area contributed by atoms with Crippen molar-refractivity contribution in [2.45, 2.75) is 24.7 Å². The molecule has 5 nitrogen and oxygen atoms in total. The van der Waals surface area contributed by atoms with Gasteiger partial charge in [-0.05, 0) is 37.5 Å². The normalized spacial score (nSPS) is 11.6. The van der Waals surface area contributed by atoms with Crippen molar-refractivity contribution < 1.29 is 27.4 Å². The van der Waals surface area contributed by atoms with Gasteiger partial charge in [0.15, 0.2) is 9.84 Å². The van der Waals surface area contributed by atoms with Crippen LogP contribution in [0, 0.1) is 12.7 Å². The standard InChI is InChI=1S/C13H17FO5S/c1-9-7-10(8-11(12(9)14)13(15)16)20(17,18)6-4-3-5-19-2/h7-8H,3-6H2,1-2H3,(H,15,16). The van der Waals surface area contributed by atoms with E-state index in [9.17, 15) is 17.6 Å². The zero-order chi connectivity index (χ0) is 15.3. The highest BCUT2D eigenvalue weighted by Crippen LogP contribution is 2.21. The van der Waals surface area contributed by atoms with Gasteiger partial charge in [-0.3, -0.25) is 0 Å². The maximum absolute atomic E-state index is 13.6. The van der Waals surface area contributed by atoms with Crippen molar-refractivity contribution in [1.29, 1.82) is 0 Å². The molecule has 0 bridgehead atoms. The predicted octanol–water partition coefficient (Wildman–Crippen LogP) is 2.03. The van der Waals surface area contributed by atoms with Gasteiger partial charge in [-0.15, -0.1) is 0 Å². The Kier molecular flexibility index (Phi) is 5.64. The van der Waals surface area contributed by atoms with Gasteiger partial charge in [0.25, 0.3) is 0 Å². The Balaban J connectivity index is 3.04. The molecule has 1 aromatic rings. The molecule has 0 aliphatic rings. The van der Waals surface area contributed by atoms with Gasteiger partial charge in [0.05, 0.1) is 16.2 Å². The third-order valence-electron chi connectivity index (χ3n) is 2.83. The Labute approximate surface area is 117 Å². The molecule has 0 aromatic heterocycles. The fourth-order valence-corrected chi connectivity index (χ4v) is 3.20. The van der Waals surface area contributed by atoms with Crippen molar-refractivity contribution in [3.63, 3.8) is 0 Å². The molecule has 0 unspecified atom stereocenters. The van der Waals surface area contributed by atoms with E-state index in [-0.39, 0.29) is 16.2 Å². The minimum Gasteiger partial charge on any atom is -0.478 e. The van der Waals surface area contributed by atoms with Gasteiger partial charge in [0.2, 0.25) is 0 Å². The predicted molar refractivity (Wildman–Crippen MR) is 71.3 cm³/mol. The number of hydrogen-bond donors (Lipinski definition) is 1. The second-order valence-corrected chi connectivity index (χ2v) is 6.53. The highest BCUT2D eigenvalue weighted by atomic mass is 32.2. The molecule has 0 aliphatic carbocycles. The van der Waals surface area contributed by atoms with Crippen molar-refractivity contribution in [2.75, 3.05) is 19.5 Å². The zero-order valence-corrected chi connectivity index (χ0v) is 12.2. The minimum absolute atomic E-state index is 0.000339. The molecule has 0 amide bonds. The van der Waals surface area contributed by atoms with Gasteiger partial charge >= 0.3 is 5.97 Å². The van der Waals surface area contributed by atoms with Crippen LogP contribution in [0.1, 0.15) is 28.8 Å². The van der Waals surface area contributed by atoms with E-state index in [1.54, 1.807) is 0 Å². The summed E-state index contributed by atoms with van der Waals surface area (Å²) >= 11 is 0. The van der Waals surface area contributed by atoms with E-state index in [0.29, 0.717) is 19.4 Å². The summed E-state index contributed by atoms with van der Waals surface area (Å²) in [6.07, 6.45) is 0.983. The summed E-state index contributed by atoms with van der Waals surface area (Å²) in [5.74, 6) is -2.52. The topological polar surface area (TPSA) is 80.7 Å². The van der Waals surface area contributed by atoms with E-state index < -0.39 is 27.2 Å². The fourth-order valence-electron chi connectivity index (χ4n) is 1.73. The first kappa shape index (κ1) is 16.6. The van der Waals surface area contributed by atoms with Crippen LogP contribution in [0.2, 0.25) is 0 Å². The van der Waals surface area contributed by atoms with Crippen molar-refractivity contribution in [2.24, 2.45) is 0 Å². The summed E-state index contributed by atoms with van der Waals surface area (Å²) in [5.41, 5.74) is -0.624. The molecule has 0 radical (unpaired) electrons. The van der Waals surface area contributed by atoms with Crippen molar-refractivity contribution in [3.05, 3.63) is 29.1 Å². The number of aryl methyl sites for hydroxylation is 1. The van der Waals surface area contributed by atoms with Gasteiger partial charge < -0.3 is 9.84 Å². The molecule has 0 atom stereocenters. The first-order valence-electron chi connectivity index (χ1n) is 6.04. The molecule has 0 aliphatic heterocycles. The Morgan fingerprint density at radius 3 is 2.55 bits per heavy atom. The Hall–Kier alpha value is -1.47. The minimum atomic E-state index is -3.62. The lowest BCUT2D eigenvalue weighted by Gasteiger charge is -2.08. The van der Waals surface area contributed by atoms with Gasteiger partial charge in [-0.25, -0.2) is 17.6 Å². The fraction of sp³-hybridized carbons (Fsp3) is 0.462. The molecule has 0 fully saturated rings. The number of rotatable bonds is 7. The van der Waals surface area contributed by atoms with Crippen molar-refractivity contribution >= 4 is 15.8 Å². The number of hydrogen-bond acceptors (Lipinski definition) is 4. The molecule has 1 rings (SSSR count). The lowest BCUT2D eigenvalue weighted by Crippen LogP contribution is -2.11. The summed E-state index contributed by atoms with van der Waals surface area (Å²) in [7, 11) is -2.10. The molecule has 20 heavy (non-hydrogen) atoms. The number of carbonyl (C=O) groups is 1. The highest BCUT2D eigenvalue weighted by molar-refractivity contribution is 7.91. The molecular weight excluding hydrogens is 287 g/mol. The van der Waals surface area contributed by atoms with Crippen LogP contribution in [-0.4, -0.2) is 39.0 Å². The smallest absolute Gasteiger partial charge is 0.338 e. The maximum atomic E-state index is 13.6. The van der Waals surface area contributed by atoms with Gasteiger partial charge in [0.1, 0.15) is 5.82 Å². The zero-order valence-electron chi connectivity index (χ0n) is 11.3. The number of halogens is 1. The van der Waals surface area contributed by atoms with E-state index >= 15 is 0 Å². The number of carboxylic acids is 1. The molecule has 1 N–H and O–H groups in total. The average Bonchev–Trinajstić information content (AvgIpc) is 2.37. The highest BCUT2D eigenvalue weighted by Gasteiger charge is 2.21. The van der Waals surface area contributed by atoms with Crippen LogP contribution in [0.5, 0.6) is 0 Å². The molecule has 0 spiro atoms. The molecule has 7 heteroatoms. The number of carboxylic acid groups (broad SMARTS) is 1. The Morgan fingerprint density at radius 2 is 2.00 bits per heavy atom. The number of benzene rings is 1. The van der Waals surface area contributed by atoms with Gasteiger partial charge in [0, 0.05) is 13.7 Å². The van der Waals surface area contributed by atoms with Crippen LogP contribution in [0.25, 0.3) is 0 Å². The number of unbranched alkanes of at least 4 members (excludes halogenated alkanes) is 1. The third-order valence-corrected chi connectivity index (χ3v) is 4.61. The van der Waals surface area contributed by atoms with Crippen LogP contribution in [-0.2, 0) is 14.6 Å². The maximum Gasteiger partial charge on any atom is 0.338 e. The molecule has 0 heterocycles. The summed E-state index contributed by atoms with van der Waals surface area (Å²) in [6.45, 7) is 1.80. The van der Waals surface area contributed by atoms with E-state index in [4.69, 9.17) is 9.84 Å². The summed E-state index contributed by atoms with van der Waals surface area (Å²) in [5, 5.41) is 8.87. The van der Waals surface area contributed by atoms with Crippen LogP contribution in [0.3, 0.4) is 0 Å². The van der Waals surface area contributed by atoms with Gasteiger partial charge in [-0.2, -0.15) is 0 Å². The van der Waals surface area contributed by atoms with Crippen molar-refractivity contribution in [3.8, 4) is 0 Å². The quantitative estimate of drug-likeness (QED) is 0.616. The van der Waals surface area contributed by atoms with E-state index in [1.807, 2.05) is 0 Å². The summed E-state index contributed by atoms with van der Waals surface area (Å²) < 4.78 is 42.6. The first-order valence-corrected chi connectivity index (χ1v) is 7.70. The summed E-state index contributed by atoms with van der Waals surface area (Å²) in [4.78, 5) is 10.7. The van der Waals surface area contributed by atoms with Crippen LogP contribution >= 0.6 is 0 Å². The van der Waals surface area contributed by atoms with Gasteiger partial charge in [-0.1, -0.05) is 0 Å². The summed E-state index contributed by atoms with van der Waals surface area (Å²) in [6, 6.07) is 2.03. The molecule has 0 saturated heterocycles. The van der Waals surface area contributed by atoms with Crippen LogP contribution in [0.4, 0.5) is 4.39 Å². The van der Waals surface area contributed by atoms with Crippen molar-refractivity contribution in [1.82, 2.24) is 0 Å². The largest absolute Gasteiger partial charge is 0.478 e. The lowest BCUT2D eigenvalue weighted by molar-refractivity contribution is 0.0691. The lowest BCUT2D eigenvalue weighted by atomic mass is 10.1. The number of aromatic carboxylic acids is 1. The Morgan fingerprint density at radius 1 is 1.35 bits per heavy atom. The van der Waals surface area contributed by atoms with E-state index in [0.717, 1.165) is 12.1 Å².